The molecule has 0 amide bonds. The highest BCUT2D eigenvalue weighted by Gasteiger charge is 2.14. The van der Waals surface area contributed by atoms with E-state index in [2.05, 4.69) is 45.9 Å². The molecule has 0 atom stereocenters. The summed E-state index contributed by atoms with van der Waals surface area (Å²) >= 11 is 0. The molecule has 0 aliphatic heterocycles. The minimum absolute atomic E-state index is 0.165. The number of aldehydes is 1. The van der Waals surface area contributed by atoms with Gasteiger partial charge in [0.1, 0.15) is 5.76 Å². The Morgan fingerprint density at radius 2 is 1.89 bits per heavy atom. The van der Waals surface area contributed by atoms with E-state index in [4.69, 9.17) is 4.42 Å². The molecule has 2 nitrogen and oxygen atoms in total. The van der Waals surface area contributed by atoms with Gasteiger partial charge in [0, 0.05) is 6.42 Å². The van der Waals surface area contributed by atoms with Gasteiger partial charge < -0.3 is 4.42 Å². The second kappa shape index (κ2) is 5.04. The quantitative estimate of drug-likeness (QED) is 0.767. The van der Waals surface area contributed by atoms with E-state index in [9.17, 15) is 4.79 Å². The number of furan rings is 1. The SMILES string of the molecule is Cc1cc(C(C)(C)C)ccc1Cc1ccc(C=O)o1. The van der Waals surface area contributed by atoms with E-state index in [1.807, 2.05) is 6.07 Å². The third-order valence-corrected chi connectivity index (χ3v) is 3.37. The van der Waals surface area contributed by atoms with Gasteiger partial charge in [-0.25, -0.2) is 0 Å². The second-order valence-corrected chi connectivity index (χ2v) is 5.99. The summed E-state index contributed by atoms with van der Waals surface area (Å²) in [6, 6.07) is 10.1. The molecule has 0 aliphatic carbocycles. The lowest BCUT2D eigenvalue weighted by molar-refractivity contribution is 0.109. The fourth-order valence-corrected chi connectivity index (χ4v) is 2.10. The second-order valence-electron chi connectivity index (χ2n) is 5.99. The van der Waals surface area contributed by atoms with Crippen LogP contribution in [0.25, 0.3) is 0 Å². The predicted molar refractivity (Wildman–Crippen MR) is 76.8 cm³/mol. The van der Waals surface area contributed by atoms with Crippen LogP contribution < -0.4 is 0 Å². The zero-order valence-corrected chi connectivity index (χ0v) is 12.0. The van der Waals surface area contributed by atoms with Crippen LogP contribution in [0, 0.1) is 6.92 Å². The Balaban J connectivity index is 2.24. The molecule has 0 aliphatic rings. The van der Waals surface area contributed by atoms with Crippen LogP contribution in [0.1, 0.15) is 53.8 Å². The van der Waals surface area contributed by atoms with Crippen LogP contribution in [0.2, 0.25) is 0 Å². The molecule has 0 unspecified atom stereocenters. The van der Waals surface area contributed by atoms with E-state index < -0.39 is 0 Å². The summed E-state index contributed by atoms with van der Waals surface area (Å²) in [7, 11) is 0. The molecule has 0 spiro atoms. The van der Waals surface area contributed by atoms with Crippen molar-refractivity contribution < 1.29 is 9.21 Å². The van der Waals surface area contributed by atoms with Gasteiger partial charge in [-0.3, -0.25) is 4.79 Å². The first-order valence-electron chi connectivity index (χ1n) is 6.54. The van der Waals surface area contributed by atoms with Crippen LogP contribution >= 0.6 is 0 Å². The fraction of sp³-hybridized carbons (Fsp3) is 0.353. The summed E-state index contributed by atoms with van der Waals surface area (Å²) < 4.78 is 5.42. The Kier molecular flexibility index (Phi) is 3.61. The number of benzene rings is 1. The Morgan fingerprint density at radius 3 is 2.42 bits per heavy atom. The third-order valence-electron chi connectivity index (χ3n) is 3.37. The molecule has 0 fully saturated rings. The predicted octanol–water partition coefficient (Wildman–Crippen LogP) is 4.29. The molecule has 0 N–H and O–H groups in total. The Morgan fingerprint density at radius 1 is 1.16 bits per heavy atom. The molecule has 0 saturated heterocycles. The smallest absolute Gasteiger partial charge is 0.185 e. The van der Waals surface area contributed by atoms with Crippen molar-refractivity contribution in [2.24, 2.45) is 0 Å². The van der Waals surface area contributed by atoms with Crippen LogP contribution in [-0.4, -0.2) is 6.29 Å². The van der Waals surface area contributed by atoms with Gasteiger partial charge in [-0.15, -0.1) is 0 Å². The van der Waals surface area contributed by atoms with Gasteiger partial charge in [-0.2, -0.15) is 0 Å². The van der Waals surface area contributed by atoms with E-state index in [0.717, 1.165) is 18.5 Å². The first kappa shape index (κ1) is 13.6. The van der Waals surface area contributed by atoms with Crippen LogP contribution in [0.15, 0.2) is 34.7 Å². The van der Waals surface area contributed by atoms with Crippen molar-refractivity contribution in [3.8, 4) is 0 Å². The monoisotopic (exact) mass is 256 g/mol. The lowest BCUT2D eigenvalue weighted by Gasteiger charge is -2.20. The summed E-state index contributed by atoms with van der Waals surface area (Å²) in [5.74, 6) is 1.22. The van der Waals surface area contributed by atoms with Crippen molar-refractivity contribution in [3.05, 3.63) is 58.5 Å². The van der Waals surface area contributed by atoms with Crippen LogP contribution in [0.5, 0.6) is 0 Å². The molecule has 1 aromatic carbocycles. The number of rotatable bonds is 3. The molecule has 1 heterocycles. The number of hydrogen-bond acceptors (Lipinski definition) is 2. The highest BCUT2D eigenvalue weighted by atomic mass is 16.3. The summed E-state index contributed by atoms with van der Waals surface area (Å²) in [6.45, 7) is 8.76. The summed E-state index contributed by atoms with van der Waals surface area (Å²) in [5, 5.41) is 0. The molecule has 0 radical (unpaired) electrons. The average molecular weight is 256 g/mol. The molecule has 2 heteroatoms. The largest absolute Gasteiger partial charge is 0.458 e. The Labute approximate surface area is 114 Å². The zero-order chi connectivity index (χ0) is 14.0. The number of carbonyl (C=O) groups excluding carboxylic acids is 1. The van der Waals surface area contributed by atoms with E-state index in [0.29, 0.717) is 5.76 Å². The Bertz CT molecular complexity index is 586. The zero-order valence-electron chi connectivity index (χ0n) is 12.0. The van der Waals surface area contributed by atoms with Gasteiger partial charge in [0.25, 0.3) is 0 Å². The molecule has 2 rings (SSSR count). The molecule has 19 heavy (non-hydrogen) atoms. The minimum Gasteiger partial charge on any atom is -0.458 e. The topological polar surface area (TPSA) is 30.2 Å². The lowest BCUT2D eigenvalue weighted by atomic mass is 9.85. The number of carbonyl (C=O) groups is 1. The van der Waals surface area contributed by atoms with Crippen molar-refractivity contribution >= 4 is 6.29 Å². The summed E-state index contributed by atoms with van der Waals surface area (Å²) in [6.07, 6.45) is 1.46. The maximum Gasteiger partial charge on any atom is 0.185 e. The van der Waals surface area contributed by atoms with Gasteiger partial charge in [0.15, 0.2) is 12.0 Å². The first-order valence-corrected chi connectivity index (χ1v) is 6.54. The van der Waals surface area contributed by atoms with Crippen molar-refractivity contribution in [1.82, 2.24) is 0 Å². The van der Waals surface area contributed by atoms with Crippen LogP contribution in [0.4, 0.5) is 0 Å². The standard InChI is InChI=1S/C17H20O2/c1-12-9-14(17(2,3)4)6-5-13(12)10-15-7-8-16(11-18)19-15/h5-9,11H,10H2,1-4H3. The van der Waals surface area contributed by atoms with E-state index in [1.54, 1.807) is 6.07 Å². The third kappa shape index (κ3) is 3.14. The van der Waals surface area contributed by atoms with Crippen molar-refractivity contribution in [2.75, 3.05) is 0 Å². The summed E-state index contributed by atoms with van der Waals surface area (Å²) in [4.78, 5) is 10.6. The highest BCUT2D eigenvalue weighted by Crippen LogP contribution is 2.25. The summed E-state index contributed by atoms with van der Waals surface area (Å²) in [5.41, 5.74) is 4.00. The minimum atomic E-state index is 0.165. The molecular weight excluding hydrogens is 236 g/mol. The molecule has 1 aromatic heterocycles. The maximum atomic E-state index is 10.6. The van der Waals surface area contributed by atoms with E-state index >= 15 is 0 Å². The van der Waals surface area contributed by atoms with Crippen molar-refractivity contribution in [1.29, 1.82) is 0 Å². The lowest BCUT2D eigenvalue weighted by Crippen LogP contribution is -2.11. The Hall–Kier alpha value is -1.83. The van der Waals surface area contributed by atoms with Gasteiger partial charge in [0.2, 0.25) is 0 Å². The molecule has 2 aromatic rings. The first-order chi connectivity index (χ1) is 8.90. The molecule has 100 valence electrons. The van der Waals surface area contributed by atoms with Gasteiger partial charge >= 0.3 is 0 Å². The van der Waals surface area contributed by atoms with Gasteiger partial charge in [-0.05, 0) is 41.2 Å². The molecular formula is C17H20O2. The number of hydrogen-bond donors (Lipinski definition) is 0. The van der Waals surface area contributed by atoms with Gasteiger partial charge in [0.05, 0.1) is 0 Å². The van der Waals surface area contributed by atoms with Gasteiger partial charge in [-0.1, -0.05) is 39.0 Å². The number of aryl methyl sites for hydroxylation is 1. The molecule has 0 bridgehead atoms. The van der Waals surface area contributed by atoms with Crippen molar-refractivity contribution in [2.45, 2.75) is 39.5 Å². The fourth-order valence-electron chi connectivity index (χ4n) is 2.10. The van der Waals surface area contributed by atoms with Crippen LogP contribution in [-0.2, 0) is 11.8 Å². The van der Waals surface area contributed by atoms with E-state index in [1.165, 1.54) is 16.7 Å². The maximum absolute atomic E-state index is 10.6. The normalized spacial score (nSPS) is 11.6. The van der Waals surface area contributed by atoms with E-state index in [-0.39, 0.29) is 5.41 Å². The van der Waals surface area contributed by atoms with Crippen LogP contribution in [0.3, 0.4) is 0 Å². The average Bonchev–Trinajstić information content (AvgIpc) is 2.78. The molecule has 0 saturated carbocycles. The highest BCUT2D eigenvalue weighted by molar-refractivity contribution is 5.70. The van der Waals surface area contributed by atoms with Crippen molar-refractivity contribution in [3.63, 3.8) is 0 Å².